The molecular weight excluding hydrogens is 391 g/mol. The Labute approximate surface area is 170 Å². The van der Waals surface area contributed by atoms with E-state index in [0.717, 1.165) is 33.1 Å². The minimum absolute atomic E-state index is 0.123. The fraction of sp³-hybridized carbons (Fsp3) is 0.250. The van der Waals surface area contributed by atoms with E-state index in [4.69, 9.17) is 0 Å². The lowest BCUT2D eigenvalue weighted by Crippen LogP contribution is -2.14. The van der Waals surface area contributed by atoms with Gasteiger partial charge in [-0.3, -0.25) is 4.79 Å². The molecule has 0 saturated heterocycles. The molecule has 7 nitrogen and oxygen atoms in total. The number of thiazole rings is 1. The number of hydrogen-bond donors (Lipinski definition) is 1. The van der Waals surface area contributed by atoms with Crippen LogP contribution in [0, 0.1) is 26.6 Å². The quantitative estimate of drug-likeness (QED) is 0.540. The molecule has 0 atom stereocenters. The first-order valence-electron chi connectivity index (χ1n) is 9.11. The summed E-state index contributed by atoms with van der Waals surface area (Å²) < 4.78 is 14.8. The number of hydrogen-bond acceptors (Lipinski definition) is 6. The van der Waals surface area contributed by atoms with Gasteiger partial charge in [-0.2, -0.15) is 10.1 Å². The van der Waals surface area contributed by atoms with E-state index in [1.807, 2.05) is 20.8 Å². The summed E-state index contributed by atoms with van der Waals surface area (Å²) in [5.41, 5.74) is 4.33. The third-order valence-electron chi connectivity index (χ3n) is 4.75. The van der Waals surface area contributed by atoms with E-state index in [-0.39, 0.29) is 11.7 Å². The molecule has 0 aliphatic carbocycles. The number of nitrogens with one attached hydrogen (secondary N) is 1. The van der Waals surface area contributed by atoms with Crippen LogP contribution in [0.1, 0.15) is 28.2 Å². The number of anilines is 1. The highest BCUT2D eigenvalue weighted by molar-refractivity contribution is 7.16. The molecule has 29 heavy (non-hydrogen) atoms. The number of amides is 1. The Morgan fingerprint density at radius 2 is 1.93 bits per heavy atom. The second-order valence-corrected chi connectivity index (χ2v) is 7.92. The zero-order valence-corrected chi connectivity index (χ0v) is 17.0. The van der Waals surface area contributed by atoms with Gasteiger partial charge in [-0.25, -0.2) is 18.9 Å². The Balaban J connectivity index is 1.46. The number of halogens is 1. The monoisotopic (exact) mass is 410 g/mol. The summed E-state index contributed by atoms with van der Waals surface area (Å²) in [7, 11) is 0. The van der Waals surface area contributed by atoms with Crippen LogP contribution in [0.3, 0.4) is 0 Å². The van der Waals surface area contributed by atoms with Gasteiger partial charge in [0.2, 0.25) is 5.91 Å². The van der Waals surface area contributed by atoms with Crippen molar-refractivity contribution in [3.63, 3.8) is 0 Å². The number of carbonyl (C=O) groups is 1. The molecule has 0 aliphatic rings. The van der Waals surface area contributed by atoms with Gasteiger partial charge in [0.25, 0.3) is 5.78 Å². The van der Waals surface area contributed by atoms with Crippen LogP contribution >= 0.6 is 11.3 Å². The Kier molecular flexibility index (Phi) is 5.06. The van der Waals surface area contributed by atoms with Crippen LogP contribution in [0.5, 0.6) is 0 Å². The topological polar surface area (TPSA) is 85.1 Å². The molecule has 148 valence electrons. The molecule has 4 rings (SSSR count). The summed E-state index contributed by atoms with van der Waals surface area (Å²) in [6, 6.07) is 6.16. The Bertz CT molecular complexity index is 1200. The largest absolute Gasteiger partial charge is 0.302 e. The molecular formula is C20H19FN6OS. The van der Waals surface area contributed by atoms with E-state index in [2.05, 4.69) is 25.4 Å². The average molecular weight is 410 g/mol. The van der Waals surface area contributed by atoms with Crippen molar-refractivity contribution in [2.24, 2.45) is 0 Å². The first kappa shape index (κ1) is 19.1. The van der Waals surface area contributed by atoms with Gasteiger partial charge in [0.05, 0.1) is 5.69 Å². The van der Waals surface area contributed by atoms with E-state index in [0.29, 0.717) is 23.8 Å². The first-order valence-corrected chi connectivity index (χ1v) is 9.93. The third-order valence-corrected chi connectivity index (χ3v) is 5.64. The van der Waals surface area contributed by atoms with Crippen LogP contribution in [-0.4, -0.2) is 30.5 Å². The van der Waals surface area contributed by atoms with Gasteiger partial charge < -0.3 is 5.32 Å². The number of fused-ring (bicyclic) bond motifs is 1. The first-order chi connectivity index (χ1) is 13.9. The molecule has 0 saturated carbocycles. The zero-order valence-electron chi connectivity index (χ0n) is 16.2. The molecule has 0 fully saturated rings. The minimum Gasteiger partial charge on any atom is -0.302 e. The summed E-state index contributed by atoms with van der Waals surface area (Å²) in [6.07, 6.45) is 2.31. The van der Waals surface area contributed by atoms with Crippen LogP contribution in [0.4, 0.5) is 9.52 Å². The van der Waals surface area contributed by atoms with Crippen molar-refractivity contribution < 1.29 is 9.18 Å². The van der Waals surface area contributed by atoms with Gasteiger partial charge in [0.15, 0.2) is 5.13 Å². The lowest BCUT2D eigenvalue weighted by atomic mass is 10.1. The summed E-state index contributed by atoms with van der Waals surface area (Å²) in [5.74, 6) is 0.140. The number of nitrogens with zero attached hydrogens (tertiary/aromatic N) is 5. The third kappa shape index (κ3) is 3.86. The Hall–Kier alpha value is -3.20. The van der Waals surface area contributed by atoms with Crippen molar-refractivity contribution in [2.45, 2.75) is 33.6 Å². The van der Waals surface area contributed by atoms with Crippen molar-refractivity contribution in [3.05, 3.63) is 58.2 Å². The molecule has 1 amide bonds. The minimum atomic E-state index is -0.292. The van der Waals surface area contributed by atoms with Crippen molar-refractivity contribution in [1.29, 1.82) is 0 Å². The molecule has 0 bridgehead atoms. The number of carbonyl (C=O) groups excluding carboxylic acids is 1. The molecule has 0 radical (unpaired) electrons. The molecule has 0 unspecified atom stereocenters. The predicted molar refractivity (Wildman–Crippen MR) is 109 cm³/mol. The predicted octanol–water partition coefficient (Wildman–Crippen LogP) is 3.88. The number of aromatic nitrogens is 5. The summed E-state index contributed by atoms with van der Waals surface area (Å²) in [5, 5.41) is 7.57. The Morgan fingerprint density at radius 1 is 1.17 bits per heavy atom. The van der Waals surface area contributed by atoms with E-state index >= 15 is 0 Å². The van der Waals surface area contributed by atoms with Crippen molar-refractivity contribution >= 4 is 28.2 Å². The van der Waals surface area contributed by atoms with Crippen molar-refractivity contribution in [3.8, 4) is 11.3 Å². The van der Waals surface area contributed by atoms with Crippen LogP contribution in [0.15, 0.2) is 30.6 Å². The van der Waals surface area contributed by atoms with E-state index in [1.54, 1.807) is 16.6 Å². The van der Waals surface area contributed by atoms with Gasteiger partial charge in [-0.05, 0) is 57.0 Å². The fourth-order valence-electron chi connectivity index (χ4n) is 3.26. The van der Waals surface area contributed by atoms with Crippen LogP contribution in [-0.2, 0) is 11.2 Å². The van der Waals surface area contributed by atoms with Crippen LogP contribution < -0.4 is 5.32 Å². The smallest absolute Gasteiger partial charge is 0.252 e. The molecule has 1 N–H and O–H groups in total. The number of rotatable bonds is 5. The Morgan fingerprint density at radius 3 is 2.69 bits per heavy atom. The molecule has 3 aromatic heterocycles. The van der Waals surface area contributed by atoms with E-state index in [9.17, 15) is 9.18 Å². The summed E-state index contributed by atoms with van der Waals surface area (Å²) >= 11 is 1.40. The van der Waals surface area contributed by atoms with Gasteiger partial charge in [0, 0.05) is 28.2 Å². The molecule has 9 heteroatoms. The number of aryl methyl sites for hydroxylation is 3. The van der Waals surface area contributed by atoms with Gasteiger partial charge in [-0.15, -0.1) is 11.3 Å². The molecule has 3 heterocycles. The standard InChI is InChI=1S/C20H19FN6OS/c1-11-16(12(2)27-19(24-11)22-10-23-27)8-9-17(28)25-20-26-18(13(3)29-20)14-4-6-15(21)7-5-14/h4-7,10H,8-9H2,1-3H3,(H,25,26,28). The van der Waals surface area contributed by atoms with Gasteiger partial charge in [-0.1, -0.05) is 0 Å². The lowest BCUT2D eigenvalue weighted by molar-refractivity contribution is -0.116. The van der Waals surface area contributed by atoms with Crippen LogP contribution in [0.25, 0.3) is 17.0 Å². The van der Waals surface area contributed by atoms with E-state index < -0.39 is 0 Å². The maximum absolute atomic E-state index is 13.1. The van der Waals surface area contributed by atoms with Gasteiger partial charge in [0.1, 0.15) is 12.1 Å². The highest BCUT2D eigenvalue weighted by Gasteiger charge is 2.15. The summed E-state index contributed by atoms with van der Waals surface area (Å²) in [6.45, 7) is 5.79. The van der Waals surface area contributed by atoms with E-state index in [1.165, 1.54) is 29.8 Å². The second-order valence-electron chi connectivity index (χ2n) is 6.71. The summed E-state index contributed by atoms with van der Waals surface area (Å²) in [4.78, 5) is 26.5. The molecule has 1 aromatic carbocycles. The average Bonchev–Trinajstić information content (AvgIpc) is 3.28. The maximum Gasteiger partial charge on any atom is 0.252 e. The SMILES string of the molecule is Cc1nc2ncnn2c(C)c1CCC(=O)Nc1nc(-c2ccc(F)cc2)c(C)s1. The highest BCUT2D eigenvalue weighted by atomic mass is 32.1. The number of benzene rings is 1. The fourth-order valence-corrected chi connectivity index (χ4v) is 4.11. The zero-order chi connectivity index (χ0) is 20.5. The molecule has 0 aliphatic heterocycles. The van der Waals surface area contributed by atoms with Gasteiger partial charge >= 0.3 is 0 Å². The lowest BCUT2D eigenvalue weighted by Gasteiger charge is -2.10. The molecule has 4 aromatic rings. The maximum atomic E-state index is 13.1. The highest BCUT2D eigenvalue weighted by Crippen LogP contribution is 2.30. The second kappa shape index (κ2) is 7.67. The molecule has 0 spiro atoms. The normalized spacial score (nSPS) is 11.2. The van der Waals surface area contributed by atoms with Crippen molar-refractivity contribution in [1.82, 2.24) is 24.6 Å². The van der Waals surface area contributed by atoms with Crippen LogP contribution in [0.2, 0.25) is 0 Å². The van der Waals surface area contributed by atoms with Crippen molar-refractivity contribution in [2.75, 3.05) is 5.32 Å².